The highest BCUT2D eigenvalue weighted by Gasteiger charge is 2.22. The molecule has 126 valence electrons. The van der Waals surface area contributed by atoms with Crippen LogP contribution in [0.5, 0.6) is 5.75 Å². The fraction of sp³-hybridized carbons (Fsp3) is 0.263. The Balaban J connectivity index is 1.94. The third-order valence-corrected chi connectivity index (χ3v) is 3.56. The molecule has 1 unspecified atom stereocenters. The van der Waals surface area contributed by atoms with Gasteiger partial charge < -0.3 is 14.8 Å². The Morgan fingerprint density at radius 1 is 1.04 bits per heavy atom. The second-order valence-corrected chi connectivity index (χ2v) is 5.39. The van der Waals surface area contributed by atoms with Gasteiger partial charge in [0.1, 0.15) is 11.8 Å². The van der Waals surface area contributed by atoms with Gasteiger partial charge in [-0.2, -0.15) is 0 Å². The van der Waals surface area contributed by atoms with E-state index >= 15 is 0 Å². The number of carbonyl (C=O) groups excluding carboxylic acids is 2. The van der Waals surface area contributed by atoms with Gasteiger partial charge in [-0.15, -0.1) is 0 Å². The van der Waals surface area contributed by atoms with E-state index in [0.717, 1.165) is 11.1 Å². The molecule has 0 spiro atoms. The van der Waals surface area contributed by atoms with Gasteiger partial charge in [0.05, 0.1) is 7.11 Å². The lowest BCUT2D eigenvalue weighted by atomic mass is 10.1. The normalized spacial score (nSPS) is 11.4. The van der Waals surface area contributed by atoms with Crippen LogP contribution in [-0.4, -0.2) is 31.6 Å². The van der Waals surface area contributed by atoms with Crippen LogP contribution in [0.4, 0.5) is 0 Å². The van der Waals surface area contributed by atoms with Crippen molar-refractivity contribution in [3.8, 4) is 5.75 Å². The zero-order valence-corrected chi connectivity index (χ0v) is 13.8. The molecule has 0 saturated carbocycles. The molecule has 1 amide bonds. The van der Waals surface area contributed by atoms with E-state index in [1.807, 2.05) is 55.5 Å². The molecule has 0 aliphatic heterocycles. The standard InChI is InChI=1S/C19H21NO4/c1-14-8-6-7-11-17(14)24-13-18(21)20-16(19(22)23-2)12-15-9-4-3-5-10-15/h3-11,16H,12-13H2,1-2H3,(H,20,21). The molecular formula is C19H21NO4. The summed E-state index contributed by atoms with van der Waals surface area (Å²) >= 11 is 0. The number of aryl methyl sites for hydroxylation is 1. The van der Waals surface area contributed by atoms with Crippen LogP contribution in [0.25, 0.3) is 0 Å². The van der Waals surface area contributed by atoms with Crippen LogP contribution >= 0.6 is 0 Å². The first kappa shape index (κ1) is 17.5. The predicted molar refractivity (Wildman–Crippen MR) is 90.8 cm³/mol. The maximum absolute atomic E-state index is 12.1. The van der Waals surface area contributed by atoms with Crippen molar-refractivity contribution in [2.24, 2.45) is 0 Å². The van der Waals surface area contributed by atoms with Gasteiger partial charge in [-0.05, 0) is 24.1 Å². The fourth-order valence-electron chi connectivity index (χ4n) is 2.28. The number of hydrogen-bond acceptors (Lipinski definition) is 4. The minimum absolute atomic E-state index is 0.160. The van der Waals surface area contributed by atoms with Crippen LogP contribution in [-0.2, 0) is 20.7 Å². The van der Waals surface area contributed by atoms with Crippen molar-refractivity contribution in [2.45, 2.75) is 19.4 Å². The Morgan fingerprint density at radius 3 is 2.38 bits per heavy atom. The molecule has 0 fully saturated rings. The number of para-hydroxylation sites is 1. The molecule has 2 rings (SSSR count). The Hall–Kier alpha value is -2.82. The number of hydrogen-bond donors (Lipinski definition) is 1. The summed E-state index contributed by atoms with van der Waals surface area (Å²) in [6.45, 7) is 1.74. The van der Waals surface area contributed by atoms with Crippen molar-refractivity contribution in [3.05, 3.63) is 65.7 Å². The molecule has 2 aromatic carbocycles. The third kappa shape index (κ3) is 5.12. The van der Waals surface area contributed by atoms with E-state index in [9.17, 15) is 9.59 Å². The highest BCUT2D eigenvalue weighted by Crippen LogP contribution is 2.15. The lowest BCUT2D eigenvalue weighted by Gasteiger charge is -2.17. The lowest BCUT2D eigenvalue weighted by Crippen LogP contribution is -2.44. The summed E-state index contributed by atoms with van der Waals surface area (Å²) in [5, 5.41) is 2.67. The smallest absolute Gasteiger partial charge is 0.328 e. The first-order chi connectivity index (χ1) is 11.6. The van der Waals surface area contributed by atoms with Gasteiger partial charge in [-0.25, -0.2) is 4.79 Å². The molecule has 0 radical (unpaired) electrons. The summed E-state index contributed by atoms with van der Waals surface area (Å²) in [7, 11) is 1.30. The molecule has 0 aliphatic carbocycles. The average molecular weight is 327 g/mol. The molecule has 0 bridgehead atoms. The van der Waals surface area contributed by atoms with Crippen molar-refractivity contribution in [1.29, 1.82) is 0 Å². The number of methoxy groups -OCH3 is 1. The first-order valence-electron chi connectivity index (χ1n) is 7.69. The molecule has 5 heteroatoms. The summed E-state index contributed by atoms with van der Waals surface area (Å²) in [5.41, 5.74) is 1.88. The second-order valence-electron chi connectivity index (χ2n) is 5.39. The largest absolute Gasteiger partial charge is 0.484 e. The van der Waals surface area contributed by atoms with Crippen molar-refractivity contribution in [3.63, 3.8) is 0 Å². The molecule has 0 saturated heterocycles. The van der Waals surface area contributed by atoms with E-state index in [2.05, 4.69) is 5.32 Å². The number of esters is 1. The van der Waals surface area contributed by atoms with Gasteiger partial charge >= 0.3 is 5.97 Å². The average Bonchev–Trinajstić information content (AvgIpc) is 2.60. The van der Waals surface area contributed by atoms with Crippen molar-refractivity contribution in [1.82, 2.24) is 5.32 Å². The second kappa shape index (κ2) is 8.72. The Kier molecular flexibility index (Phi) is 6.37. The summed E-state index contributed by atoms with van der Waals surface area (Å²) in [5.74, 6) is -0.210. The quantitative estimate of drug-likeness (QED) is 0.793. The highest BCUT2D eigenvalue weighted by atomic mass is 16.5. The maximum atomic E-state index is 12.1. The minimum atomic E-state index is -0.745. The van der Waals surface area contributed by atoms with Gasteiger partial charge in [0, 0.05) is 6.42 Å². The van der Waals surface area contributed by atoms with Crippen molar-refractivity contribution >= 4 is 11.9 Å². The summed E-state index contributed by atoms with van der Waals surface area (Å²) in [4.78, 5) is 24.0. The summed E-state index contributed by atoms with van der Waals surface area (Å²) in [6, 6.07) is 16.1. The molecule has 24 heavy (non-hydrogen) atoms. The molecule has 0 heterocycles. The van der Waals surface area contributed by atoms with Gasteiger partial charge in [0.2, 0.25) is 0 Å². The molecule has 0 aliphatic rings. The molecule has 5 nitrogen and oxygen atoms in total. The van der Waals surface area contributed by atoms with Gasteiger partial charge in [-0.1, -0.05) is 48.5 Å². The van der Waals surface area contributed by atoms with Crippen LogP contribution in [0.15, 0.2) is 54.6 Å². The molecule has 1 N–H and O–H groups in total. The summed E-state index contributed by atoms with van der Waals surface area (Å²) in [6.07, 6.45) is 0.365. The number of nitrogens with one attached hydrogen (secondary N) is 1. The third-order valence-electron chi connectivity index (χ3n) is 3.56. The van der Waals surface area contributed by atoms with E-state index < -0.39 is 12.0 Å². The first-order valence-corrected chi connectivity index (χ1v) is 7.69. The van der Waals surface area contributed by atoms with Crippen LogP contribution in [0.3, 0.4) is 0 Å². The number of rotatable bonds is 7. The van der Waals surface area contributed by atoms with E-state index in [1.165, 1.54) is 7.11 Å². The Labute approximate surface area is 141 Å². The highest BCUT2D eigenvalue weighted by molar-refractivity contribution is 5.85. The summed E-state index contributed by atoms with van der Waals surface area (Å²) < 4.78 is 10.3. The lowest BCUT2D eigenvalue weighted by molar-refractivity contribution is -0.145. The minimum Gasteiger partial charge on any atom is -0.484 e. The maximum Gasteiger partial charge on any atom is 0.328 e. The molecule has 0 aromatic heterocycles. The SMILES string of the molecule is COC(=O)C(Cc1ccccc1)NC(=O)COc1ccccc1C. The van der Waals surface area contributed by atoms with Crippen molar-refractivity contribution < 1.29 is 19.1 Å². The van der Waals surface area contributed by atoms with Crippen LogP contribution in [0.1, 0.15) is 11.1 Å². The van der Waals surface area contributed by atoms with Crippen molar-refractivity contribution in [2.75, 3.05) is 13.7 Å². The zero-order valence-electron chi connectivity index (χ0n) is 13.8. The topological polar surface area (TPSA) is 64.6 Å². The number of amides is 1. The fourth-order valence-corrected chi connectivity index (χ4v) is 2.28. The van der Waals surface area contributed by atoms with Gasteiger partial charge in [0.15, 0.2) is 6.61 Å². The number of carbonyl (C=O) groups is 2. The van der Waals surface area contributed by atoms with Gasteiger partial charge in [0.25, 0.3) is 5.91 Å². The van der Waals surface area contributed by atoms with E-state index in [0.29, 0.717) is 12.2 Å². The Morgan fingerprint density at radius 2 is 1.71 bits per heavy atom. The molecule has 2 aromatic rings. The number of ether oxygens (including phenoxy) is 2. The molecular weight excluding hydrogens is 306 g/mol. The Bertz CT molecular complexity index is 685. The molecule has 1 atom stereocenters. The van der Waals surface area contributed by atoms with Crippen LogP contribution in [0, 0.1) is 6.92 Å². The number of benzene rings is 2. The van der Waals surface area contributed by atoms with E-state index in [4.69, 9.17) is 9.47 Å². The van der Waals surface area contributed by atoms with E-state index in [1.54, 1.807) is 6.07 Å². The zero-order chi connectivity index (χ0) is 17.4. The monoisotopic (exact) mass is 327 g/mol. The van der Waals surface area contributed by atoms with E-state index in [-0.39, 0.29) is 12.5 Å². The predicted octanol–water partition coefficient (Wildman–Crippen LogP) is 2.27. The van der Waals surface area contributed by atoms with Crippen LogP contribution < -0.4 is 10.1 Å². The van der Waals surface area contributed by atoms with Gasteiger partial charge in [-0.3, -0.25) is 4.79 Å². The van der Waals surface area contributed by atoms with Crippen LogP contribution in [0.2, 0.25) is 0 Å².